The quantitative estimate of drug-likeness (QED) is 0.337. The fraction of sp³-hybridized carbons (Fsp3) is 0.500. The van der Waals surface area contributed by atoms with Crippen LogP contribution in [0.25, 0.3) is 0 Å². The highest BCUT2D eigenvalue weighted by Crippen LogP contribution is 2.57. The van der Waals surface area contributed by atoms with Gasteiger partial charge >= 0.3 is 0 Å². The highest BCUT2D eigenvalue weighted by atomic mass is 35.5. The van der Waals surface area contributed by atoms with Crippen LogP contribution in [0.2, 0.25) is 10.0 Å². The standard InChI is InChI=1S/C28H31Cl2F2N3O3/c1-2-17(37)8-11-34-26(38)25-23(18-4-3-5-20(30)24(18)32)28(14-33,19-7-6-16(29)12-21(19)31)22(35-25)13-27(15-36)9-10-27/h3-7,12,17,22-23,25,35-37H,2,8-11,13,15H2,1H3,(H,34,38)/t17-,22+,23+,25-,28+/m1/s1. The molecule has 1 aliphatic carbocycles. The molecule has 4 N–H and O–H groups in total. The van der Waals surface area contributed by atoms with Crippen LogP contribution < -0.4 is 10.6 Å². The maximum atomic E-state index is 15.6. The number of carbonyl (C=O) groups is 1. The zero-order chi connectivity index (χ0) is 27.7. The molecular weight excluding hydrogens is 535 g/mol. The second-order valence-corrected chi connectivity index (χ2v) is 11.3. The van der Waals surface area contributed by atoms with E-state index < -0.39 is 52.5 Å². The summed E-state index contributed by atoms with van der Waals surface area (Å²) in [4.78, 5) is 13.6. The fourth-order valence-electron chi connectivity index (χ4n) is 5.66. The summed E-state index contributed by atoms with van der Waals surface area (Å²) in [5.41, 5.74) is -2.23. The molecule has 0 bridgehead atoms. The second-order valence-electron chi connectivity index (χ2n) is 10.4. The Morgan fingerprint density at radius 2 is 2.03 bits per heavy atom. The Bertz CT molecular complexity index is 1240. The highest BCUT2D eigenvalue weighted by molar-refractivity contribution is 6.31. The summed E-state index contributed by atoms with van der Waals surface area (Å²) in [7, 11) is 0. The first-order valence-electron chi connectivity index (χ1n) is 12.8. The van der Waals surface area contributed by atoms with E-state index in [1.807, 2.05) is 6.92 Å². The summed E-state index contributed by atoms with van der Waals surface area (Å²) in [5.74, 6) is -3.22. The molecule has 1 saturated heterocycles. The SMILES string of the molecule is CC[C@@H](O)CCNC(=O)[C@@H]1N[C@@H](CC2(CO)CC2)[C@](C#N)(c2ccc(Cl)cc2F)[C@H]1c1cccc(Cl)c1F. The predicted molar refractivity (Wildman–Crippen MR) is 141 cm³/mol. The largest absolute Gasteiger partial charge is 0.396 e. The van der Waals surface area contributed by atoms with Crippen LogP contribution in [0.15, 0.2) is 36.4 Å². The van der Waals surface area contributed by atoms with E-state index in [0.717, 1.165) is 6.07 Å². The zero-order valence-electron chi connectivity index (χ0n) is 21.0. The van der Waals surface area contributed by atoms with Gasteiger partial charge in [-0.3, -0.25) is 4.79 Å². The normalized spacial score (nSPS) is 26.5. The number of nitrogens with zero attached hydrogens (tertiary/aromatic N) is 1. The summed E-state index contributed by atoms with van der Waals surface area (Å²) in [6, 6.07) is 8.65. The molecule has 0 spiro atoms. The first-order valence-corrected chi connectivity index (χ1v) is 13.5. The molecular formula is C28H31Cl2F2N3O3. The Balaban J connectivity index is 1.88. The number of halogens is 4. The van der Waals surface area contributed by atoms with E-state index in [4.69, 9.17) is 23.2 Å². The second kappa shape index (κ2) is 11.4. The van der Waals surface area contributed by atoms with Crippen molar-refractivity contribution >= 4 is 29.1 Å². The number of amides is 1. The van der Waals surface area contributed by atoms with Crippen LogP contribution in [0, 0.1) is 28.4 Å². The Hall–Kier alpha value is -2.28. The molecule has 4 rings (SSSR count). The summed E-state index contributed by atoms with van der Waals surface area (Å²) in [6.45, 7) is 1.86. The van der Waals surface area contributed by atoms with E-state index in [-0.39, 0.29) is 40.7 Å². The van der Waals surface area contributed by atoms with Gasteiger partial charge in [-0.25, -0.2) is 8.78 Å². The number of nitrogens with one attached hydrogen (secondary N) is 2. The molecule has 0 unspecified atom stereocenters. The van der Waals surface area contributed by atoms with Crippen LogP contribution in [0.3, 0.4) is 0 Å². The minimum Gasteiger partial charge on any atom is -0.396 e. The molecule has 1 amide bonds. The third kappa shape index (κ3) is 5.28. The van der Waals surface area contributed by atoms with Crippen LogP contribution in [0.4, 0.5) is 8.78 Å². The number of aliphatic hydroxyl groups excluding tert-OH is 2. The van der Waals surface area contributed by atoms with E-state index in [9.17, 15) is 20.3 Å². The smallest absolute Gasteiger partial charge is 0.237 e. The molecule has 2 aromatic rings. The third-order valence-electron chi connectivity index (χ3n) is 8.09. The molecule has 204 valence electrons. The minimum absolute atomic E-state index is 0.00554. The number of benzene rings is 2. The minimum atomic E-state index is -1.74. The number of hydrogen-bond acceptors (Lipinski definition) is 5. The van der Waals surface area contributed by atoms with Crippen molar-refractivity contribution in [2.75, 3.05) is 13.2 Å². The summed E-state index contributed by atoms with van der Waals surface area (Å²) < 4.78 is 31.2. The van der Waals surface area contributed by atoms with Crippen LogP contribution in [0.5, 0.6) is 0 Å². The Morgan fingerprint density at radius 3 is 2.63 bits per heavy atom. The van der Waals surface area contributed by atoms with Crippen LogP contribution in [-0.2, 0) is 10.2 Å². The topological polar surface area (TPSA) is 105 Å². The van der Waals surface area contributed by atoms with Crippen molar-refractivity contribution in [2.24, 2.45) is 5.41 Å². The first-order chi connectivity index (χ1) is 18.1. The van der Waals surface area contributed by atoms with Gasteiger partial charge in [-0.15, -0.1) is 0 Å². The molecule has 1 heterocycles. The highest BCUT2D eigenvalue weighted by Gasteiger charge is 2.62. The van der Waals surface area contributed by atoms with Crippen LogP contribution in [0.1, 0.15) is 56.1 Å². The molecule has 2 aromatic carbocycles. The molecule has 38 heavy (non-hydrogen) atoms. The van der Waals surface area contributed by atoms with Gasteiger partial charge in [0.1, 0.15) is 17.0 Å². The van der Waals surface area contributed by atoms with Gasteiger partial charge in [0.15, 0.2) is 0 Å². The van der Waals surface area contributed by atoms with Crippen molar-refractivity contribution in [1.29, 1.82) is 5.26 Å². The van der Waals surface area contributed by atoms with Gasteiger partial charge in [-0.05, 0) is 61.3 Å². The zero-order valence-corrected chi connectivity index (χ0v) is 22.5. The lowest BCUT2D eigenvalue weighted by Gasteiger charge is -2.36. The molecule has 0 aromatic heterocycles. The van der Waals surface area contributed by atoms with Gasteiger partial charge in [0.05, 0.1) is 23.2 Å². The Morgan fingerprint density at radius 1 is 1.29 bits per heavy atom. The van der Waals surface area contributed by atoms with Crippen LogP contribution >= 0.6 is 23.2 Å². The van der Waals surface area contributed by atoms with E-state index in [1.165, 1.54) is 30.3 Å². The lowest BCUT2D eigenvalue weighted by Crippen LogP contribution is -2.46. The fourth-order valence-corrected chi connectivity index (χ4v) is 6.00. The summed E-state index contributed by atoms with van der Waals surface area (Å²) in [6.07, 6.45) is 1.95. The molecule has 2 aliphatic rings. The van der Waals surface area contributed by atoms with E-state index in [1.54, 1.807) is 0 Å². The number of hydrogen-bond donors (Lipinski definition) is 4. The molecule has 6 nitrogen and oxygen atoms in total. The van der Waals surface area contributed by atoms with Gasteiger partial charge in [0, 0.05) is 35.7 Å². The van der Waals surface area contributed by atoms with Gasteiger partial charge in [0.25, 0.3) is 0 Å². The number of rotatable bonds is 10. The molecule has 5 atom stereocenters. The lowest BCUT2D eigenvalue weighted by atomic mass is 9.63. The van der Waals surface area contributed by atoms with Gasteiger partial charge in [-0.1, -0.05) is 48.3 Å². The van der Waals surface area contributed by atoms with Gasteiger partial charge in [-0.2, -0.15) is 5.26 Å². The van der Waals surface area contributed by atoms with Crippen molar-refractivity contribution in [1.82, 2.24) is 10.6 Å². The van der Waals surface area contributed by atoms with Crippen molar-refractivity contribution in [3.63, 3.8) is 0 Å². The Kier molecular flexibility index (Phi) is 8.65. The Labute approximate surface area is 230 Å². The van der Waals surface area contributed by atoms with Crippen molar-refractivity contribution < 1.29 is 23.8 Å². The van der Waals surface area contributed by atoms with Crippen molar-refractivity contribution in [3.8, 4) is 6.07 Å². The molecule has 2 fully saturated rings. The van der Waals surface area contributed by atoms with E-state index in [0.29, 0.717) is 25.7 Å². The van der Waals surface area contributed by atoms with Crippen LogP contribution in [-0.4, -0.2) is 47.5 Å². The predicted octanol–water partition coefficient (Wildman–Crippen LogP) is 4.60. The number of aliphatic hydroxyl groups is 2. The van der Waals surface area contributed by atoms with E-state index >= 15 is 8.78 Å². The first kappa shape index (κ1) is 28.7. The van der Waals surface area contributed by atoms with E-state index in [2.05, 4.69) is 16.7 Å². The maximum Gasteiger partial charge on any atom is 0.237 e. The molecule has 10 heteroatoms. The average Bonchev–Trinajstić information content (AvgIpc) is 3.60. The average molecular weight is 566 g/mol. The molecule has 0 radical (unpaired) electrons. The summed E-state index contributed by atoms with van der Waals surface area (Å²) in [5, 5.41) is 36.8. The van der Waals surface area contributed by atoms with Gasteiger partial charge in [0.2, 0.25) is 5.91 Å². The molecule has 1 saturated carbocycles. The van der Waals surface area contributed by atoms with Crippen molar-refractivity contribution in [3.05, 3.63) is 69.2 Å². The maximum absolute atomic E-state index is 15.6. The molecule has 1 aliphatic heterocycles. The van der Waals surface area contributed by atoms with Crippen molar-refractivity contribution in [2.45, 2.75) is 68.5 Å². The third-order valence-corrected chi connectivity index (χ3v) is 8.62. The lowest BCUT2D eigenvalue weighted by molar-refractivity contribution is -0.123. The van der Waals surface area contributed by atoms with Gasteiger partial charge < -0.3 is 20.8 Å². The monoisotopic (exact) mass is 565 g/mol. The number of carbonyl (C=O) groups excluding carboxylic acids is 1. The number of nitriles is 1. The summed E-state index contributed by atoms with van der Waals surface area (Å²) >= 11 is 12.2.